The van der Waals surface area contributed by atoms with Gasteiger partial charge in [0, 0.05) is 11.6 Å². The van der Waals surface area contributed by atoms with Crippen LogP contribution in [-0.4, -0.2) is 33.9 Å². The summed E-state index contributed by atoms with van der Waals surface area (Å²) in [5.74, 6) is 0. The first kappa shape index (κ1) is 22.0. The van der Waals surface area contributed by atoms with Crippen LogP contribution in [0.2, 0.25) is 0 Å². The van der Waals surface area contributed by atoms with Crippen LogP contribution < -0.4 is 5.14 Å². The van der Waals surface area contributed by atoms with Gasteiger partial charge < -0.3 is 5.11 Å². The Kier molecular flexibility index (Phi) is 5.27. The van der Waals surface area contributed by atoms with Gasteiger partial charge in [0.2, 0.25) is 10.0 Å². The van der Waals surface area contributed by atoms with Crippen molar-refractivity contribution >= 4 is 16.1 Å². The highest BCUT2D eigenvalue weighted by atomic mass is 32.2. The van der Waals surface area contributed by atoms with E-state index in [1.54, 1.807) is 24.5 Å². The maximum atomic E-state index is 12.0. The second-order valence-electron chi connectivity index (χ2n) is 9.14. The highest BCUT2D eigenvalue weighted by Crippen LogP contribution is 2.59. The zero-order valence-corrected chi connectivity index (χ0v) is 19.4. The molecule has 1 saturated carbocycles. The van der Waals surface area contributed by atoms with E-state index in [0.717, 1.165) is 29.8 Å². The van der Waals surface area contributed by atoms with Crippen LogP contribution in [-0.2, 0) is 22.9 Å². The van der Waals surface area contributed by atoms with Crippen LogP contribution in [0.1, 0.15) is 49.4 Å². The molecule has 2 aromatic heterocycles. The minimum Gasteiger partial charge on any atom is -0.389 e. The van der Waals surface area contributed by atoms with Crippen LogP contribution >= 0.6 is 0 Å². The van der Waals surface area contributed by atoms with E-state index in [0.29, 0.717) is 31.2 Å². The van der Waals surface area contributed by atoms with Gasteiger partial charge in [-0.15, -0.1) is 0 Å². The Bertz CT molecular complexity index is 1330. The molecule has 3 aromatic rings. The normalized spacial score (nSPS) is 24.3. The number of fused-ring (bicyclic) bond motifs is 2. The molecule has 2 heterocycles. The molecule has 2 aliphatic rings. The largest absolute Gasteiger partial charge is 0.389 e. The van der Waals surface area contributed by atoms with Crippen molar-refractivity contribution in [3.8, 4) is 5.69 Å². The molecule has 2 aliphatic carbocycles. The van der Waals surface area contributed by atoms with Crippen molar-refractivity contribution in [1.29, 1.82) is 0 Å². The average molecular weight is 465 g/mol. The number of nitrogens with zero attached hydrogens (tertiary/aromatic N) is 3. The van der Waals surface area contributed by atoms with E-state index in [2.05, 4.69) is 23.1 Å². The topological polar surface area (TPSA) is 111 Å². The highest BCUT2D eigenvalue weighted by molar-refractivity contribution is 7.89. The Morgan fingerprint density at radius 2 is 2.00 bits per heavy atom. The van der Waals surface area contributed by atoms with Crippen LogP contribution in [0.15, 0.2) is 65.5 Å². The summed E-state index contributed by atoms with van der Waals surface area (Å²) in [5, 5.41) is 22.0. The Morgan fingerprint density at radius 1 is 1.18 bits per heavy atom. The standard InChI is InChI=1S/C25H28N4O3S/c1-2-24-15-19-16-28-29(21-7-5-13-27-17-21)22(19)14-20(24)10-12-25(24,30)11-9-18-6-3-4-8-23(18)33(26,31)32/h3-8,13-14,16-17,30H,2,9-12,15H2,1H3,(H2,26,31,32)/t24-,25-/m0/s1. The number of aryl methyl sites for hydroxylation is 1. The molecule has 0 unspecified atom stereocenters. The maximum absolute atomic E-state index is 12.0. The molecule has 3 N–H and O–H groups in total. The first-order valence-electron chi connectivity index (χ1n) is 11.3. The molecule has 1 aromatic carbocycles. The van der Waals surface area contributed by atoms with Gasteiger partial charge in [-0.3, -0.25) is 4.98 Å². The third-order valence-corrected chi connectivity index (χ3v) is 8.60. The number of benzene rings is 1. The fraction of sp³-hybridized carbons (Fsp3) is 0.360. The van der Waals surface area contributed by atoms with Crippen molar-refractivity contribution in [2.75, 3.05) is 0 Å². The average Bonchev–Trinajstić information content (AvgIpc) is 3.35. The van der Waals surface area contributed by atoms with Gasteiger partial charge in [-0.05, 0) is 73.9 Å². The zero-order valence-electron chi connectivity index (χ0n) is 18.6. The van der Waals surface area contributed by atoms with Crippen molar-refractivity contribution in [3.05, 3.63) is 77.4 Å². The summed E-state index contributed by atoms with van der Waals surface area (Å²) < 4.78 is 26.0. The summed E-state index contributed by atoms with van der Waals surface area (Å²) in [7, 11) is -3.82. The molecule has 8 heteroatoms. The Morgan fingerprint density at radius 3 is 2.73 bits per heavy atom. The number of hydrogen-bond acceptors (Lipinski definition) is 5. The van der Waals surface area contributed by atoms with Gasteiger partial charge in [0.05, 0.1) is 34.3 Å². The predicted molar refractivity (Wildman–Crippen MR) is 126 cm³/mol. The first-order chi connectivity index (χ1) is 15.8. The van der Waals surface area contributed by atoms with Crippen molar-refractivity contribution in [1.82, 2.24) is 14.8 Å². The molecule has 0 aliphatic heterocycles. The van der Waals surface area contributed by atoms with Gasteiger partial charge in [-0.1, -0.05) is 30.7 Å². The molecule has 172 valence electrons. The number of hydrogen-bond donors (Lipinski definition) is 2. The third-order valence-electron chi connectivity index (χ3n) is 7.58. The Labute approximate surface area is 194 Å². The fourth-order valence-electron chi connectivity index (χ4n) is 5.84. The van der Waals surface area contributed by atoms with E-state index >= 15 is 0 Å². The molecule has 0 bridgehead atoms. The molecule has 0 radical (unpaired) electrons. The zero-order chi connectivity index (χ0) is 23.3. The summed E-state index contributed by atoms with van der Waals surface area (Å²) in [5.41, 5.74) is 3.63. The maximum Gasteiger partial charge on any atom is 0.238 e. The monoisotopic (exact) mass is 464 g/mol. The van der Waals surface area contributed by atoms with E-state index in [1.807, 2.05) is 29.1 Å². The van der Waals surface area contributed by atoms with Gasteiger partial charge in [0.15, 0.2) is 0 Å². The molecule has 2 atom stereocenters. The number of rotatable bonds is 6. The van der Waals surface area contributed by atoms with Crippen LogP contribution in [0, 0.1) is 5.41 Å². The van der Waals surface area contributed by atoms with E-state index in [4.69, 9.17) is 5.14 Å². The van der Waals surface area contributed by atoms with Gasteiger partial charge in [0.25, 0.3) is 0 Å². The van der Waals surface area contributed by atoms with Gasteiger partial charge in [0.1, 0.15) is 0 Å². The molecule has 7 nitrogen and oxygen atoms in total. The van der Waals surface area contributed by atoms with E-state index < -0.39 is 15.6 Å². The SMILES string of the molecule is CC[C@]12Cc3cnn(-c4cccnc4)c3C=C1CC[C@@]2(O)CCc1ccccc1S(N)(=O)=O. The number of pyridine rings is 1. The number of primary sulfonamides is 1. The summed E-state index contributed by atoms with van der Waals surface area (Å²) in [6, 6.07) is 10.7. The van der Waals surface area contributed by atoms with Crippen molar-refractivity contribution in [2.45, 2.75) is 55.9 Å². The van der Waals surface area contributed by atoms with Gasteiger partial charge in [-0.25, -0.2) is 18.2 Å². The second-order valence-corrected chi connectivity index (χ2v) is 10.7. The van der Waals surface area contributed by atoms with Crippen LogP contribution in [0.3, 0.4) is 0 Å². The number of aromatic nitrogens is 3. The highest BCUT2D eigenvalue weighted by Gasteiger charge is 2.56. The number of nitrogens with two attached hydrogens (primary N) is 1. The molecule has 1 fully saturated rings. The number of sulfonamides is 1. The van der Waals surface area contributed by atoms with Crippen molar-refractivity contribution < 1.29 is 13.5 Å². The minimum atomic E-state index is -3.82. The molecular formula is C25H28N4O3S. The summed E-state index contributed by atoms with van der Waals surface area (Å²) in [6.07, 6.45) is 11.5. The van der Waals surface area contributed by atoms with Crippen LogP contribution in [0.5, 0.6) is 0 Å². The third kappa shape index (κ3) is 3.53. The summed E-state index contributed by atoms with van der Waals surface area (Å²) in [4.78, 5) is 4.35. The quantitative estimate of drug-likeness (QED) is 0.581. The second kappa shape index (κ2) is 7.90. The summed E-state index contributed by atoms with van der Waals surface area (Å²) >= 11 is 0. The molecular weight excluding hydrogens is 436 g/mol. The molecule has 0 amide bonds. The lowest BCUT2D eigenvalue weighted by molar-refractivity contribution is -0.0569. The first-order valence-corrected chi connectivity index (χ1v) is 12.8. The predicted octanol–water partition coefficient (Wildman–Crippen LogP) is 3.41. The summed E-state index contributed by atoms with van der Waals surface area (Å²) in [6.45, 7) is 2.12. The molecule has 0 saturated heterocycles. The van der Waals surface area contributed by atoms with Crippen LogP contribution in [0.4, 0.5) is 0 Å². The molecule has 5 rings (SSSR count). The van der Waals surface area contributed by atoms with Gasteiger partial charge in [-0.2, -0.15) is 5.10 Å². The van der Waals surface area contributed by atoms with Crippen LogP contribution in [0.25, 0.3) is 11.8 Å². The van der Waals surface area contributed by atoms with E-state index in [-0.39, 0.29) is 10.3 Å². The smallest absolute Gasteiger partial charge is 0.238 e. The Balaban J connectivity index is 1.48. The minimum absolute atomic E-state index is 0.136. The van der Waals surface area contributed by atoms with Crippen molar-refractivity contribution in [2.24, 2.45) is 10.6 Å². The van der Waals surface area contributed by atoms with Gasteiger partial charge >= 0.3 is 0 Å². The van der Waals surface area contributed by atoms with Crippen molar-refractivity contribution in [3.63, 3.8) is 0 Å². The fourth-order valence-corrected chi connectivity index (χ4v) is 6.64. The molecule has 33 heavy (non-hydrogen) atoms. The lowest BCUT2D eigenvalue weighted by atomic mass is 9.63. The Hall–Kier alpha value is -2.81. The number of aliphatic hydroxyl groups is 1. The molecule has 0 spiro atoms. The van der Waals surface area contributed by atoms with E-state index in [9.17, 15) is 13.5 Å². The lowest BCUT2D eigenvalue weighted by Crippen LogP contribution is -2.47. The van der Waals surface area contributed by atoms with E-state index in [1.165, 1.54) is 11.6 Å². The lowest BCUT2D eigenvalue weighted by Gasteiger charge is -2.45.